The van der Waals surface area contributed by atoms with E-state index in [4.69, 9.17) is 10.5 Å². The van der Waals surface area contributed by atoms with Crippen molar-refractivity contribution in [1.82, 2.24) is 14.9 Å². The fourth-order valence-corrected chi connectivity index (χ4v) is 5.24. The van der Waals surface area contributed by atoms with Crippen LogP contribution in [0.2, 0.25) is 0 Å². The van der Waals surface area contributed by atoms with Gasteiger partial charge >= 0.3 is 6.09 Å². The molecule has 3 fully saturated rings. The predicted octanol–water partition coefficient (Wildman–Crippen LogP) is 4.47. The van der Waals surface area contributed by atoms with E-state index in [1.54, 1.807) is 23.2 Å². The quantitative estimate of drug-likeness (QED) is 0.584. The summed E-state index contributed by atoms with van der Waals surface area (Å²) in [6, 6.07) is 6.93. The number of carbonyl (C=O) groups excluding carboxylic acids is 1. The third-order valence-corrected chi connectivity index (χ3v) is 8.39. The van der Waals surface area contributed by atoms with Crippen LogP contribution in [0.5, 0.6) is 0 Å². The highest BCUT2D eigenvalue weighted by atomic mass is 19.1. The maximum absolute atomic E-state index is 15.1. The van der Waals surface area contributed by atoms with Gasteiger partial charge < -0.3 is 15.8 Å². The molecule has 2 aliphatic heterocycles. The molecular formula is C27H37FN6O2. The maximum Gasteiger partial charge on any atom is 0.415 e. The van der Waals surface area contributed by atoms with Crippen molar-refractivity contribution in [3.63, 3.8) is 0 Å². The van der Waals surface area contributed by atoms with Crippen LogP contribution >= 0.6 is 0 Å². The van der Waals surface area contributed by atoms with Gasteiger partial charge in [0.15, 0.2) is 0 Å². The van der Waals surface area contributed by atoms with E-state index in [-0.39, 0.29) is 34.9 Å². The second-order valence-corrected chi connectivity index (χ2v) is 11.6. The maximum atomic E-state index is 15.1. The average molecular weight is 497 g/mol. The van der Waals surface area contributed by atoms with Gasteiger partial charge in [-0.2, -0.15) is 4.98 Å². The molecule has 0 bridgehead atoms. The van der Waals surface area contributed by atoms with E-state index in [9.17, 15) is 4.79 Å². The smallest absolute Gasteiger partial charge is 0.415 e. The summed E-state index contributed by atoms with van der Waals surface area (Å²) in [7, 11) is 0. The van der Waals surface area contributed by atoms with Crippen molar-refractivity contribution in [2.75, 3.05) is 29.9 Å². The van der Waals surface area contributed by atoms with Crippen molar-refractivity contribution in [2.24, 2.45) is 17.1 Å². The SMILES string of the molecule is C[C@H](Nc1nccc(N2C(=O)OC[C@@H]2C2CC2)n1)c1ccc(CN2CCC(C)(N)C(C)(C)C2)c(F)c1. The summed E-state index contributed by atoms with van der Waals surface area (Å²) >= 11 is 0. The summed E-state index contributed by atoms with van der Waals surface area (Å²) in [6.45, 7) is 11.1. The lowest BCUT2D eigenvalue weighted by atomic mass is 9.69. The van der Waals surface area contributed by atoms with Gasteiger partial charge in [0, 0.05) is 36.9 Å². The summed E-state index contributed by atoms with van der Waals surface area (Å²) in [5, 5.41) is 3.25. The first-order chi connectivity index (χ1) is 17.0. The number of nitrogens with two attached hydrogens (primary N) is 1. The lowest BCUT2D eigenvalue weighted by Crippen LogP contribution is -2.60. The number of amides is 1. The minimum atomic E-state index is -0.365. The van der Waals surface area contributed by atoms with Gasteiger partial charge in [-0.1, -0.05) is 26.0 Å². The van der Waals surface area contributed by atoms with Gasteiger partial charge in [0.1, 0.15) is 18.2 Å². The van der Waals surface area contributed by atoms with Crippen molar-refractivity contribution in [2.45, 2.75) is 71.1 Å². The van der Waals surface area contributed by atoms with Gasteiger partial charge in [0.05, 0.1) is 12.1 Å². The van der Waals surface area contributed by atoms with Crippen LogP contribution in [0.3, 0.4) is 0 Å². The van der Waals surface area contributed by atoms with Crippen molar-refractivity contribution >= 4 is 17.9 Å². The van der Waals surface area contributed by atoms with E-state index < -0.39 is 0 Å². The summed E-state index contributed by atoms with van der Waals surface area (Å²) in [6.07, 6.45) is 4.36. The van der Waals surface area contributed by atoms with Crippen LogP contribution in [-0.2, 0) is 11.3 Å². The number of benzene rings is 1. The largest absolute Gasteiger partial charge is 0.447 e. The Bertz CT molecular complexity index is 1130. The molecule has 8 nitrogen and oxygen atoms in total. The third kappa shape index (κ3) is 4.91. The van der Waals surface area contributed by atoms with Crippen LogP contribution in [0.15, 0.2) is 30.5 Å². The van der Waals surface area contributed by atoms with Crippen LogP contribution in [-0.4, -0.2) is 52.2 Å². The molecule has 3 N–H and O–H groups in total. The van der Waals surface area contributed by atoms with Crippen molar-refractivity contribution < 1.29 is 13.9 Å². The molecule has 3 heterocycles. The molecule has 1 aromatic heterocycles. The van der Waals surface area contributed by atoms with Gasteiger partial charge in [-0.25, -0.2) is 14.2 Å². The molecule has 3 aliphatic rings. The molecule has 194 valence electrons. The van der Waals surface area contributed by atoms with E-state index in [0.717, 1.165) is 37.9 Å². The number of ether oxygens (including phenoxy) is 1. The number of hydrogen-bond donors (Lipinski definition) is 2. The lowest BCUT2D eigenvalue weighted by molar-refractivity contribution is 0.0369. The van der Waals surface area contributed by atoms with E-state index in [1.807, 2.05) is 19.1 Å². The summed E-state index contributed by atoms with van der Waals surface area (Å²) in [5.74, 6) is 1.17. The van der Waals surface area contributed by atoms with Gasteiger partial charge in [-0.15, -0.1) is 0 Å². The Morgan fingerprint density at radius 2 is 2.06 bits per heavy atom. The number of halogens is 1. The number of hydrogen-bond acceptors (Lipinski definition) is 7. The number of likely N-dealkylation sites (tertiary alicyclic amines) is 1. The normalized spacial score (nSPS) is 27.1. The van der Waals surface area contributed by atoms with Crippen LogP contribution in [0.1, 0.15) is 64.1 Å². The second-order valence-electron chi connectivity index (χ2n) is 11.6. The molecule has 5 rings (SSSR count). The van der Waals surface area contributed by atoms with Crippen LogP contribution < -0.4 is 16.0 Å². The van der Waals surface area contributed by atoms with E-state index in [2.05, 4.69) is 41.0 Å². The Labute approximate surface area is 212 Å². The molecule has 1 amide bonds. The average Bonchev–Trinajstić information content (AvgIpc) is 3.59. The zero-order valence-corrected chi connectivity index (χ0v) is 21.6. The Hall–Kier alpha value is -2.78. The number of piperidine rings is 1. The predicted molar refractivity (Wildman–Crippen MR) is 137 cm³/mol. The Morgan fingerprint density at radius 3 is 2.75 bits per heavy atom. The van der Waals surface area contributed by atoms with Gasteiger partial charge in [0.25, 0.3) is 0 Å². The Balaban J connectivity index is 1.25. The molecule has 3 atom stereocenters. The molecule has 2 aromatic rings. The van der Waals surface area contributed by atoms with E-state index in [1.165, 1.54) is 0 Å². The fraction of sp³-hybridized carbons (Fsp3) is 0.593. The summed E-state index contributed by atoms with van der Waals surface area (Å²) in [5.41, 5.74) is 7.70. The van der Waals surface area contributed by atoms with Crippen molar-refractivity contribution in [3.8, 4) is 0 Å². The first kappa shape index (κ1) is 24.9. The minimum Gasteiger partial charge on any atom is -0.447 e. The van der Waals surface area contributed by atoms with Crippen LogP contribution in [0.25, 0.3) is 0 Å². The number of carbonyl (C=O) groups is 1. The first-order valence-electron chi connectivity index (χ1n) is 12.9. The zero-order chi connectivity index (χ0) is 25.7. The van der Waals surface area contributed by atoms with E-state index >= 15 is 4.39 Å². The molecule has 1 aliphatic carbocycles. The van der Waals surface area contributed by atoms with E-state index in [0.29, 0.717) is 36.4 Å². The fourth-order valence-electron chi connectivity index (χ4n) is 5.24. The highest BCUT2D eigenvalue weighted by Crippen LogP contribution is 2.40. The van der Waals surface area contributed by atoms with Crippen LogP contribution in [0, 0.1) is 17.2 Å². The Kier molecular flexibility index (Phi) is 6.41. The third-order valence-electron chi connectivity index (χ3n) is 8.39. The first-order valence-corrected chi connectivity index (χ1v) is 12.9. The summed E-state index contributed by atoms with van der Waals surface area (Å²) < 4.78 is 20.4. The number of anilines is 2. The van der Waals surface area contributed by atoms with Crippen molar-refractivity contribution in [1.29, 1.82) is 0 Å². The number of nitrogens with one attached hydrogen (secondary N) is 1. The number of aromatic nitrogens is 2. The highest BCUT2D eigenvalue weighted by molar-refractivity contribution is 5.89. The molecule has 0 spiro atoms. The summed E-state index contributed by atoms with van der Waals surface area (Å²) in [4.78, 5) is 25.1. The molecule has 9 heteroatoms. The molecule has 0 radical (unpaired) electrons. The minimum absolute atomic E-state index is 0.0309. The van der Waals surface area contributed by atoms with Gasteiger partial charge in [-0.3, -0.25) is 9.80 Å². The topological polar surface area (TPSA) is 96.6 Å². The molecule has 1 unspecified atom stereocenters. The highest BCUT2D eigenvalue weighted by Gasteiger charge is 2.45. The van der Waals surface area contributed by atoms with Gasteiger partial charge in [-0.05, 0) is 62.1 Å². The number of nitrogens with zero attached hydrogens (tertiary/aromatic N) is 4. The molecule has 1 aromatic carbocycles. The van der Waals surface area contributed by atoms with Gasteiger partial charge in [0.2, 0.25) is 5.95 Å². The zero-order valence-electron chi connectivity index (χ0n) is 21.6. The number of cyclic esters (lactones) is 1. The standard InChI is InChI=1S/C27H37FN6O2/c1-17(31-24-30-11-9-23(32-24)34-22(18-5-6-18)15-36-25(34)35)19-7-8-20(21(28)13-19)14-33-12-10-27(4,29)26(2,3)16-33/h7-9,11,13,17-18,22H,5-6,10,12,14-16,29H2,1-4H3,(H,30,31,32)/t17-,22+,27?/m0/s1. The molecule has 2 saturated heterocycles. The van der Waals surface area contributed by atoms with Crippen molar-refractivity contribution in [3.05, 3.63) is 47.4 Å². The second kappa shape index (κ2) is 9.27. The molecule has 36 heavy (non-hydrogen) atoms. The van der Waals surface area contributed by atoms with Crippen LogP contribution in [0.4, 0.5) is 21.0 Å². The lowest BCUT2D eigenvalue weighted by Gasteiger charge is -2.49. The Morgan fingerprint density at radius 1 is 1.28 bits per heavy atom. The molecule has 1 saturated carbocycles. The monoisotopic (exact) mass is 496 g/mol. The number of rotatable bonds is 7. The molecular weight excluding hydrogens is 459 g/mol.